The van der Waals surface area contributed by atoms with Gasteiger partial charge in [-0.15, -0.1) is 0 Å². The summed E-state index contributed by atoms with van der Waals surface area (Å²) in [6.07, 6.45) is 25.8. The predicted octanol–water partition coefficient (Wildman–Crippen LogP) is 8.56. The number of hydrogen-bond donors (Lipinski definition) is 1. The lowest BCUT2D eigenvalue weighted by Crippen LogP contribution is -2.42. The van der Waals surface area contributed by atoms with Crippen molar-refractivity contribution in [2.75, 3.05) is 13.1 Å². The summed E-state index contributed by atoms with van der Waals surface area (Å²) >= 11 is 0. The van der Waals surface area contributed by atoms with Crippen molar-refractivity contribution in [2.45, 2.75) is 162 Å². The van der Waals surface area contributed by atoms with Gasteiger partial charge < -0.3 is 5.11 Å². The highest BCUT2D eigenvalue weighted by atomic mass is 16.4. The first-order valence-electron chi connectivity index (χ1n) is 14.5. The summed E-state index contributed by atoms with van der Waals surface area (Å²) in [5.74, 6) is -0.872. The minimum Gasteiger partial charge on any atom is -0.481 e. The molecule has 0 aromatic heterocycles. The fourth-order valence-electron chi connectivity index (χ4n) is 4.72. The largest absolute Gasteiger partial charge is 0.481 e. The molecule has 4 nitrogen and oxygen atoms in total. The monoisotopic (exact) mass is 467 g/mol. The number of rotatable bonds is 26. The summed E-state index contributed by atoms with van der Waals surface area (Å²) in [6.45, 7) is 7.77. The maximum atomic E-state index is 12.2. The van der Waals surface area contributed by atoms with Crippen LogP contribution in [0.2, 0.25) is 0 Å². The molecule has 1 N–H and O–H groups in total. The zero-order valence-corrected chi connectivity index (χ0v) is 22.6. The van der Waals surface area contributed by atoms with E-state index < -0.39 is 12.0 Å². The van der Waals surface area contributed by atoms with E-state index in [4.69, 9.17) is 0 Å². The summed E-state index contributed by atoms with van der Waals surface area (Å²) in [4.78, 5) is 25.7. The maximum absolute atomic E-state index is 12.2. The van der Waals surface area contributed by atoms with Crippen molar-refractivity contribution < 1.29 is 14.7 Å². The molecule has 0 radical (unpaired) electrons. The molecule has 0 aliphatic rings. The lowest BCUT2D eigenvalue weighted by atomic mass is 10.0. The lowest BCUT2D eigenvalue weighted by Gasteiger charge is -2.29. The smallest absolute Gasteiger partial charge is 0.305 e. The van der Waals surface area contributed by atoms with Crippen LogP contribution in [0, 0.1) is 0 Å². The average molecular weight is 468 g/mol. The van der Waals surface area contributed by atoms with Crippen molar-refractivity contribution in [3.05, 3.63) is 0 Å². The van der Waals surface area contributed by atoms with Crippen LogP contribution in [0.5, 0.6) is 0 Å². The summed E-state index contributed by atoms with van der Waals surface area (Å²) in [6, 6.07) is -0.459. The van der Waals surface area contributed by atoms with Gasteiger partial charge in [-0.1, -0.05) is 129 Å². The van der Waals surface area contributed by atoms with E-state index in [9.17, 15) is 14.7 Å². The van der Waals surface area contributed by atoms with Gasteiger partial charge in [-0.05, 0) is 32.9 Å². The van der Waals surface area contributed by atoms with Gasteiger partial charge in [-0.3, -0.25) is 14.5 Å². The van der Waals surface area contributed by atoms with Gasteiger partial charge >= 0.3 is 5.97 Å². The average Bonchev–Trinajstić information content (AvgIpc) is 2.78. The van der Waals surface area contributed by atoms with E-state index in [2.05, 4.69) is 18.7 Å². The Hall–Kier alpha value is -0.900. The minimum absolute atomic E-state index is 0.00319. The third-order valence-corrected chi connectivity index (χ3v) is 6.88. The Morgan fingerprint density at radius 1 is 0.576 bits per heavy atom. The molecule has 0 fully saturated rings. The molecule has 33 heavy (non-hydrogen) atoms. The summed E-state index contributed by atoms with van der Waals surface area (Å²) in [5.41, 5.74) is 0. The molecule has 0 aromatic rings. The van der Waals surface area contributed by atoms with E-state index in [1.807, 2.05) is 0 Å². The first kappa shape index (κ1) is 32.1. The van der Waals surface area contributed by atoms with Crippen molar-refractivity contribution >= 4 is 11.8 Å². The second-order valence-corrected chi connectivity index (χ2v) is 10.1. The van der Waals surface area contributed by atoms with E-state index in [1.54, 1.807) is 6.92 Å². The van der Waals surface area contributed by atoms with Gasteiger partial charge in [0.1, 0.15) is 5.78 Å². The molecule has 4 heteroatoms. The molecule has 0 rings (SSSR count). The molecule has 0 aliphatic heterocycles. The molecule has 1 atom stereocenters. The standard InChI is InChI=1S/C29H57NO3/c1-4-6-8-10-12-14-16-18-20-22-24-30(28(27(3)31)26-29(32)33)25-23-21-19-17-15-13-11-9-7-5-2/h28H,4-26H2,1-3H3,(H,32,33). The number of ketones is 1. The van der Waals surface area contributed by atoms with Crippen LogP contribution in [0.15, 0.2) is 0 Å². The SMILES string of the molecule is CCCCCCCCCCCCN(CCCCCCCCCCCC)C(CC(=O)O)C(C)=O. The molecule has 0 bridgehead atoms. The fourth-order valence-corrected chi connectivity index (χ4v) is 4.72. The molecule has 0 heterocycles. The second kappa shape index (κ2) is 24.2. The molecule has 0 saturated heterocycles. The van der Waals surface area contributed by atoms with E-state index in [0.717, 1.165) is 25.9 Å². The van der Waals surface area contributed by atoms with Gasteiger partial charge in [-0.2, -0.15) is 0 Å². The van der Waals surface area contributed by atoms with Gasteiger partial charge in [0.05, 0.1) is 12.5 Å². The third-order valence-electron chi connectivity index (χ3n) is 6.88. The Morgan fingerprint density at radius 3 is 1.15 bits per heavy atom. The quantitative estimate of drug-likeness (QED) is 0.129. The number of carbonyl (C=O) groups is 2. The highest BCUT2D eigenvalue weighted by Crippen LogP contribution is 2.15. The van der Waals surface area contributed by atoms with E-state index in [1.165, 1.54) is 116 Å². The first-order valence-corrected chi connectivity index (χ1v) is 14.5. The van der Waals surface area contributed by atoms with Gasteiger partial charge in [-0.25, -0.2) is 0 Å². The van der Waals surface area contributed by atoms with Crippen molar-refractivity contribution in [1.82, 2.24) is 4.90 Å². The van der Waals surface area contributed by atoms with E-state index in [0.29, 0.717) is 0 Å². The molecule has 0 saturated carbocycles. The van der Waals surface area contributed by atoms with Crippen molar-refractivity contribution in [1.29, 1.82) is 0 Å². The van der Waals surface area contributed by atoms with E-state index >= 15 is 0 Å². The number of nitrogens with zero attached hydrogens (tertiary/aromatic N) is 1. The number of carboxylic acid groups (broad SMARTS) is 1. The molecule has 0 aliphatic carbocycles. The van der Waals surface area contributed by atoms with Crippen LogP contribution in [0.4, 0.5) is 0 Å². The number of aliphatic carboxylic acids is 1. The molecule has 1 unspecified atom stereocenters. The predicted molar refractivity (Wildman–Crippen MR) is 142 cm³/mol. The van der Waals surface area contributed by atoms with Crippen LogP contribution in [0.25, 0.3) is 0 Å². The van der Waals surface area contributed by atoms with Gasteiger partial charge in [0.25, 0.3) is 0 Å². The Morgan fingerprint density at radius 2 is 0.879 bits per heavy atom. The van der Waals surface area contributed by atoms with E-state index in [-0.39, 0.29) is 12.2 Å². The number of Topliss-reactive ketones (excluding diaryl/α,β-unsaturated/α-hetero) is 1. The molecule has 0 aromatic carbocycles. The van der Waals surface area contributed by atoms with Gasteiger partial charge in [0, 0.05) is 0 Å². The topological polar surface area (TPSA) is 57.6 Å². The summed E-state index contributed by atoms with van der Waals surface area (Å²) in [5, 5.41) is 9.29. The van der Waals surface area contributed by atoms with Crippen LogP contribution in [0.1, 0.15) is 156 Å². The third kappa shape index (κ3) is 21.4. The normalized spacial score (nSPS) is 12.4. The van der Waals surface area contributed by atoms with Crippen LogP contribution >= 0.6 is 0 Å². The van der Waals surface area contributed by atoms with Crippen LogP contribution in [-0.4, -0.2) is 40.9 Å². The van der Waals surface area contributed by atoms with Gasteiger partial charge in [0.2, 0.25) is 0 Å². The Bertz CT molecular complexity index is 428. The van der Waals surface area contributed by atoms with Crippen molar-refractivity contribution in [2.24, 2.45) is 0 Å². The molecule has 196 valence electrons. The van der Waals surface area contributed by atoms with Crippen LogP contribution in [-0.2, 0) is 9.59 Å². The van der Waals surface area contributed by atoms with Crippen molar-refractivity contribution in [3.8, 4) is 0 Å². The maximum Gasteiger partial charge on any atom is 0.305 e. The molecular weight excluding hydrogens is 410 g/mol. The molecular formula is C29H57NO3. The zero-order chi connectivity index (χ0) is 24.6. The summed E-state index contributed by atoms with van der Waals surface area (Å²) in [7, 11) is 0. The number of hydrogen-bond acceptors (Lipinski definition) is 3. The van der Waals surface area contributed by atoms with Crippen LogP contribution in [0.3, 0.4) is 0 Å². The molecule has 0 spiro atoms. The lowest BCUT2D eigenvalue weighted by molar-refractivity contribution is -0.141. The zero-order valence-electron chi connectivity index (χ0n) is 22.6. The molecule has 0 amide bonds. The Labute approximate surface area is 206 Å². The first-order chi connectivity index (χ1) is 16.0. The number of carboxylic acids is 1. The fraction of sp³-hybridized carbons (Fsp3) is 0.931. The van der Waals surface area contributed by atoms with Gasteiger partial charge in [0.15, 0.2) is 0 Å². The highest BCUT2D eigenvalue weighted by Gasteiger charge is 2.24. The Kier molecular flexibility index (Phi) is 23.6. The number of unbranched alkanes of at least 4 members (excludes halogenated alkanes) is 18. The number of carbonyl (C=O) groups excluding carboxylic acids is 1. The Balaban J connectivity index is 4.14. The van der Waals surface area contributed by atoms with Crippen molar-refractivity contribution in [3.63, 3.8) is 0 Å². The second-order valence-electron chi connectivity index (χ2n) is 10.1. The minimum atomic E-state index is -0.869. The highest BCUT2D eigenvalue weighted by molar-refractivity contribution is 5.85. The van der Waals surface area contributed by atoms with Crippen LogP contribution < -0.4 is 0 Å². The summed E-state index contributed by atoms with van der Waals surface area (Å²) < 4.78 is 0.